The highest BCUT2D eigenvalue weighted by atomic mass is 35.5. The van der Waals surface area contributed by atoms with Crippen LogP contribution in [0.15, 0.2) is 42.5 Å². The van der Waals surface area contributed by atoms with Crippen LogP contribution < -0.4 is 10.2 Å². The van der Waals surface area contributed by atoms with Gasteiger partial charge in [-0.15, -0.1) is 0 Å². The largest absolute Gasteiger partial charge is 0.372 e. The van der Waals surface area contributed by atoms with Crippen LogP contribution in [0.5, 0.6) is 0 Å². The zero-order valence-corrected chi connectivity index (χ0v) is 16.3. The average molecular weight is 380 g/mol. The highest BCUT2D eigenvalue weighted by molar-refractivity contribution is 7.80. The predicted octanol–water partition coefficient (Wildman–Crippen LogP) is 5.15. The fourth-order valence-electron chi connectivity index (χ4n) is 2.54. The van der Waals surface area contributed by atoms with Gasteiger partial charge >= 0.3 is 0 Å². The minimum Gasteiger partial charge on any atom is -0.372 e. The van der Waals surface area contributed by atoms with E-state index in [1.807, 2.05) is 11.9 Å². The van der Waals surface area contributed by atoms with Crippen molar-refractivity contribution in [2.75, 3.05) is 30.4 Å². The minimum atomic E-state index is -0.445. The number of anilines is 2. The van der Waals surface area contributed by atoms with Gasteiger partial charge in [0.05, 0.1) is 5.02 Å². The van der Waals surface area contributed by atoms with E-state index in [1.54, 1.807) is 6.07 Å². The van der Waals surface area contributed by atoms with Crippen LogP contribution in [0.1, 0.15) is 19.4 Å². The molecule has 0 radical (unpaired) electrons. The van der Waals surface area contributed by atoms with Gasteiger partial charge in [-0.25, -0.2) is 4.39 Å². The standard InChI is InChI=1S/C19H23ClFN3S/c1-4-24(5-2)16-9-6-14(7-10-16)13-23(3)19(25)22-15-8-11-18(21)17(20)12-15/h6-12H,4-5,13H2,1-3H3,(H,22,25). The molecule has 0 heterocycles. The lowest BCUT2D eigenvalue weighted by atomic mass is 10.2. The monoisotopic (exact) mass is 379 g/mol. The predicted molar refractivity (Wildman–Crippen MR) is 109 cm³/mol. The van der Waals surface area contributed by atoms with Gasteiger partial charge in [0.1, 0.15) is 5.82 Å². The highest BCUT2D eigenvalue weighted by Gasteiger charge is 2.08. The van der Waals surface area contributed by atoms with Crippen LogP contribution in [0, 0.1) is 5.82 Å². The van der Waals surface area contributed by atoms with Crippen molar-refractivity contribution < 1.29 is 4.39 Å². The zero-order chi connectivity index (χ0) is 18.4. The topological polar surface area (TPSA) is 18.5 Å². The van der Waals surface area contributed by atoms with Crippen LogP contribution in [-0.2, 0) is 6.54 Å². The summed E-state index contributed by atoms with van der Waals surface area (Å²) < 4.78 is 13.2. The molecule has 0 unspecified atom stereocenters. The number of nitrogens with zero attached hydrogens (tertiary/aromatic N) is 2. The lowest BCUT2D eigenvalue weighted by Gasteiger charge is -2.23. The zero-order valence-electron chi connectivity index (χ0n) is 14.7. The number of hydrogen-bond acceptors (Lipinski definition) is 2. The molecule has 2 aromatic rings. The quantitative estimate of drug-likeness (QED) is 0.699. The molecule has 0 aliphatic heterocycles. The van der Waals surface area contributed by atoms with E-state index in [0.29, 0.717) is 17.3 Å². The molecule has 0 atom stereocenters. The Labute approximate surface area is 159 Å². The smallest absolute Gasteiger partial charge is 0.173 e. The summed E-state index contributed by atoms with van der Waals surface area (Å²) in [6.45, 7) is 6.96. The fourth-order valence-corrected chi connectivity index (χ4v) is 2.90. The molecule has 0 saturated carbocycles. The van der Waals surface area contributed by atoms with Crippen LogP contribution in [0.4, 0.5) is 15.8 Å². The van der Waals surface area contributed by atoms with Gasteiger partial charge in [-0.1, -0.05) is 23.7 Å². The third-order valence-electron chi connectivity index (χ3n) is 4.00. The summed E-state index contributed by atoms with van der Waals surface area (Å²) in [6, 6.07) is 12.9. The number of thiocarbonyl (C=S) groups is 1. The van der Waals surface area contributed by atoms with Crippen LogP contribution >= 0.6 is 23.8 Å². The second-order valence-corrected chi connectivity index (χ2v) is 6.55. The summed E-state index contributed by atoms with van der Waals surface area (Å²) in [5.41, 5.74) is 3.05. The molecule has 0 spiro atoms. The van der Waals surface area contributed by atoms with Crippen molar-refractivity contribution >= 4 is 40.3 Å². The summed E-state index contributed by atoms with van der Waals surface area (Å²) >= 11 is 11.2. The van der Waals surface area contributed by atoms with E-state index in [2.05, 4.69) is 48.3 Å². The lowest BCUT2D eigenvalue weighted by molar-refractivity contribution is 0.508. The molecule has 6 heteroatoms. The van der Waals surface area contributed by atoms with E-state index in [-0.39, 0.29) is 5.02 Å². The Morgan fingerprint density at radius 2 is 1.76 bits per heavy atom. The van der Waals surface area contributed by atoms with Gasteiger partial charge in [0.2, 0.25) is 0 Å². The summed E-state index contributed by atoms with van der Waals surface area (Å²) in [7, 11) is 1.92. The molecule has 2 aromatic carbocycles. The van der Waals surface area contributed by atoms with Crippen molar-refractivity contribution in [2.45, 2.75) is 20.4 Å². The molecule has 25 heavy (non-hydrogen) atoms. The van der Waals surface area contributed by atoms with Crippen LogP contribution in [0.25, 0.3) is 0 Å². The lowest BCUT2D eigenvalue weighted by Crippen LogP contribution is -2.30. The minimum absolute atomic E-state index is 0.0717. The van der Waals surface area contributed by atoms with Gasteiger partial charge in [-0.3, -0.25) is 0 Å². The Bertz CT molecular complexity index is 717. The van der Waals surface area contributed by atoms with E-state index in [9.17, 15) is 4.39 Å². The number of halogens is 2. The first-order valence-electron chi connectivity index (χ1n) is 8.25. The van der Waals surface area contributed by atoms with Gasteiger partial charge < -0.3 is 15.1 Å². The first-order valence-corrected chi connectivity index (χ1v) is 9.04. The van der Waals surface area contributed by atoms with Crippen molar-refractivity contribution in [3.8, 4) is 0 Å². The van der Waals surface area contributed by atoms with Gasteiger partial charge in [-0.2, -0.15) is 0 Å². The molecule has 134 valence electrons. The van der Waals surface area contributed by atoms with Gasteiger partial charge in [0.15, 0.2) is 5.11 Å². The molecule has 3 nitrogen and oxygen atoms in total. The third-order valence-corrected chi connectivity index (χ3v) is 4.71. The van der Waals surface area contributed by atoms with E-state index in [0.717, 1.165) is 13.1 Å². The Balaban J connectivity index is 1.97. The Kier molecular flexibility index (Phi) is 7.02. The SMILES string of the molecule is CCN(CC)c1ccc(CN(C)C(=S)Nc2ccc(F)c(Cl)c2)cc1. The molecule has 0 amide bonds. The average Bonchev–Trinajstić information content (AvgIpc) is 2.60. The van der Waals surface area contributed by atoms with Crippen LogP contribution in [0.3, 0.4) is 0 Å². The molecule has 0 fully saturated rings. The van der Waals surface area contributed by atoms with E-state index >= 15 is 0 Å². The van der Waals surface area contributed by atoms with Crippen molar-refractivity contribution in [2.24, 2.45) is 0 Å². The Hall–Kier alpha value is -1.85. The highest BCUT2D eigenvalue weighted by Crippen LogP contribution is 2.20. The molecule has 0 aliphatic rings. The van der Waals surface area contributed by atoms with E-state index in [4.69, 9.17) is 23.8 Å². The molecule has 0 bridgehead atoms. The Morgan fingerprint density at radius 1 is 1.12 bits per heavy atom. The van der Waals surface area contributed by atoms with E-state index in [1.165, 1.54) is 23.4 Å². The molecule has 0 saturated heterocycles. The summed E-state index contributed by atoms with van der Waals surface area (Å²) in [5, 5.41) is 3.70. The summed E-state index contributed by atoms with van der Waals surface area (Å²) in [5.74, 6) is -0.445. The summed E-state index contributed by atoms with van der Waals surface area (Å²) in [6.07, 6.45) is 0. The van der Waals surface area contributed by atoms with Crippen molar-refractivity contribution in [1.82, 2.24) is 4.90 Å². The maximum Gasteiger partial charge on any atom is 0.173 e. The first kappa shape index (κ1) is 19.5. The molecule has 0 aliphatic carbocycles. The van der Waals surface area contributed by atoms with Crippen molar-refractivity contribution in [1.29, 1.82) is 0 Å². The second kappa shape index (κ2) is 9.02. The fraction of sp³-hybridized carbons (Fsp3) is 0.316. The molecule has 1 N–H and O–H groups in total. The second-order valence-electron chi connectivity index (χ2n) is 5.75. The van der Waals surface area contributed by atoms with Crippen molar-refractivity contribution in [3.05, 3.63) is 58.9 Å². The Morgan fingerprint density at radius 3 is 2.32 bits per heavy atom. The van der Waals surface area contributed by atoms with Gasteiger partial charge in [0.25, 0.3) is 0 Å². The van der Waals surface area contributed by atoms with Gasteiger partial charge in [0, 0.05) is 38.1 Å². The van der Waals surface area contributed by atoms with Crippen LogP contribution in [0.2, 0.25) is 5.02 Å². The van der Waals surface area contributed by atoms with E-state index < -0.39 is 5.82 Å². The molecule has 0 aromatic heterocycles. The van der Waals surface area contributed by atoms with Gasteiger partial charge in [-0.05, 0) is 62.0 Å². The maximum atomic E-state index is 13.2. The molecule has 2 rings (SSSR count). The normalized spacial score (nSPS) is 10.4. The number of rotatable bonds is 6. The number of benzene rings is 2. The maximum absolute atomic E-state index is 13.2. The molecular weight excluding hydrogens is 357 g/mol. The number of nitrogens with one attached hydrogen (secondary N) is 1. The van der Waals surface area contributed by atoms with Crippen molar-refractivity contribution in [3.63, 3.8) is 0 Å². The third kappa shape index (κ3) is 5.31. The number of hydrogen-bond donors (Lipinski definition) is 1. The van der Waals surface area contributed by atoms with Crippen LogP contribution in [-0.4, -0.2) is 30.1 Å². The first-order chi connectivity index (χ1) is 11.9. The molecular formula is C19H23ClFN3S. The summed E-state index contributed by atoms with van der Waals surface area (Å²) in [4.78, 5) is 4.23.